The van der Waals surface area contributed by atoms with Crippen molar-refractivity contribution in [3.05, 3.63) is 0 Å². The van der Waals surface area contributed by atoms with Crippen LogP contribution in [0.5, 0.6) is 0 Å². The Hall–Kier alpha value is -0.910. The second-order valence-electron chi connectivity index (χ2n) is 5.33. The van der Waals surface area contributed by atoms with Crippen LogP contribution in [0, 0.1) is 5.92 Å². The smallest absolute Gasteiger partial charge is 0.320 e. The minimum Gasteiger partial charge on any atom is -0.481 e. The van der Waals surface area contributed by atoms with E-state index in [4.69, 9.17) is 5.11 Å². The molecule has 2 fully saturated rings. The molecule has 0 aromatic carbocycles. The van der Waals surface area contributed by atoms with Gasteiger partial charge in [0.1, 0.15) is 0 Å². The van der Waals surface area contributed by atoms with E-state index in [2.05, 4.69) is 6.92 Å². The van der Waals surface area contributed by atoms with Gasteiger partial charge in [0, 0.05) is 43.6 Å². The molecule has 0 spiro atoms. The molecule has 2 amide bonds. The van der Waals surface area contributed by atoms with Crippen LogP contribution in [0.25, 0.3) is 0 Å². The first-order valence-corrected chi connectivity index (χ1v) is 8.02. The van der Waals surface area contributed by atoms with Gasteiger partial charge in [-0.1, -0.05) is 6.92 Å². The summed E-state index contributed by atoms with van der Waals surface area (Å²) in [6, 6.07) is 0.103. The predicted molar refractivity (Wildman–Crippen MR) is 75.4 cm³/mol. The number of carbonyl (C=O) groups excluding carboxylic acids is 1. The van der Waals surface area contributed by atoms with Crippen molar-refractivity contribution in [3.63, 3.8) is 0 Å². The Labute approximate surface area is 118 Å². The SMILES string of the molecule is CCC1CN(C(=O)N2CCC(CC(=O)O)C2)CCS1. The third-order valence-corrected chi connectivity index (χ3v) is 5.26. The number of urea groups is 1. The molecule has 2 rings (SSSR count). The highest BCUT2D eigenvalue weighted by atomic mass is 32.2. The van der Waals surface area contributed by atoms with E-state index in [9.17, 15) is 9.59 Å². The number of thioether (sulfide) groups is 1. The predicted octanol–water partition coefficient (Wildman–Crippen LogP) is 1.73. The quantitative estimate of drug-likeness (QED) is 0.858. The molecule has 0 aromatic heterocycles. The van der Waals surface area contributed by atoms with Gasteiger partial charge in [-0.3, -0.25) is 4.79 Å². The monoisotopic (exact) mass is 286 g/mol. The van der Waals surface area contributed by atoms with E-state index < -0.39 is 5.97 Å². The zero-order valence-corrected chi connectivity index (χ0v) is 12.2. The van der Waals surface area contributed by atoms with Crippen LogP contribution in [0.4, 0.5) is 4.79 Å². The van der Waals surface area contributed by atoms with E-state index in [0.717, 1.165) is 31.7 Å². The Morgan fingerprint density at radius 3 is 2.68 bits per heavy atom. The Kier molecular flexibility index (Phi) is 4.96. The Bertz CT molecular complexity index is 351. The molecule has 2 atom stereocenters. The normalized spacial score (nSPS) is 27.6. The van der Waals surface area contributed by atoms with Crippen LogP contribution >= 0.6 is 11.8 Å². The molecule has 0 aliphatic carbocycles. The number of hydrogen-bond donors (Lipinski definition) is 1. The Morgan fingerprint density at radius 2 is 2.00 bits per heavy atom. The van der Waals surface area contributed by atoms with Crippen molar-refractivity contribution >= 4 is 23.8 Å². The van der Waals surface area contributed by atoms with Crippen LogP contribution in [0.1, 0.15) is 26.2 Å². The summed E-state index contributed by atoms with van der Waals surface area (Å²) in [5.41, 5.74) is 0. The van der Waals surface area contributed by atoms with Crippen molar-refractivity contribution in [2.45, 2.75) is 31.4 Å². The molecule has 2 aliphatic heterocycles. The second-order valence-corrected chi connectivity index (χ2v) is 6.74. The summed E-state index contributed by atoms with van der Waals surface area (Å²) < 4.78 is 0. The van der Waals surface area contributed by atoms with Crippen LogP contribution in [-0.4, -0.2) is 64.1 Å². The van der Waals surface area contributed by atoms with Crippen molar-refractivity contribution in [3.8, 4) is 0 Å². The molecule has 19 heavy (non-hydrogen) atoms. The molecule has 6 heteroatoms. The highest BCUT2D eigenvalue weighted by Crippen LogP contribution is 2.25. The fourth-order valence-corrected chi connectivity index (χ4v) is 3.94. The first kappa shape index (κ1) is 14.5. The molecular formula is C13H22N2O3S. The topological polar surface area (TPSA) is 60.9 Å². The van der Waals surface area contributed by atoms with E-state index in [1.807, 2.05) is 21.6 Å². The number of hydrogen-bond acceptors (Lipinski definition) is 3. The Balaban J connectivity index is 1.85. The third kappa shape index (κ3) is 3.78. The summed E-state index contributed by atoms with van der Waals surface area (Å²) >= 11 is 1.95. The van der Waals surface area contributed by atoms with Gasteiger partial charge in [-0.05, 0) is 18.8 Å². The van der Waals surface area contributed by atoms with Crippen molar-refractivity contribution in [2.75, 3.05) is 31.9 Å². The summed E-state index contributed by atoms with van der Waals surface area (Å²) in [5, 5.41) is 9.35. The molecule has 1 N–H and O–H groups in total. The van der Waals surface area contributed by atoms with Crippen LogP contribution < -0.4 is 0 Å². The summed E-state index contributed by atoms with van der Waals surface area (Å²) in [4.78, 5) is 26.9. The Morgan fingerprint density at radius 1 is 1.26 bits per heavy atom. The van der Waals surface area contributed by atoms with Gasteiger partial charge in [-0.15, -0.1) is 0 Å². The zero-order chi connectivity index (χ0) is 13.8. The molecule has 5 nitrogen and oxygen atoms in total. The maximum Gasteiger partial charge on any atom is 0.320 e. The van der Waals surface area contributed by atoms with Crippen LogP contribution in [-0.2, 0) is 4.79 Å². The lowest BCUT2D eigenvalue weighted by Gasteiger charge is -2.34. The molecule has 2 unspecified atom stereocenters. The number of rotatable bonds is 3. The lowest BCUT2D eigenvalue weighted by atomic mass is 10.1. The zero-order valence-electron chi connectivity index (χ0n) is 11.4. The third-order valence-electron chi connectivity index (χ3n) is 3.88. The van der Waals surface area contributed by atoms with E-state index >= 15 is 0 Å². The van der Waals surface area contributed by atoms with Crippen molar-refractivity contribution in [2.24, 2.45) is 5.92 Å². The molecule has 0 radical (unpaired) electrons. The fourth-order valence-electron chi connectivity index (χ4n) is 2.76. The molecular weight excluding hydrogens is 264 g/mol. The average molecular weight is 286 g/mol. The van der Waals surface area contributed by atoms with E-state index in [0.29, 0.717) is 18.3 Å². The van der Waals surface area contributed by atoms with Gasteiger partial charge in [0.25, 0.3) is 0 Å². The van der Waals surface area contributed by atoms with Gasteiger partial charge in [-0.2, -0.15) is 11.8 Å². The molecule has 0 saturated carbocycles. The number of nitrogens with zero attached hydrogens (tertiary/aromatic N) is 2. The summed E-state index contributed by atoms with van der Waals surface area (Å²) in [5.74, 6) is 0.374. The molecule has 2 saturated heterocycles. The molecule has 2 heterocycles. The molecule has 108 valence electrons. The first-order valence-electron chi connectivity index (χ1n) is 6.97. The fraction of sp³-hybridized carbons (Fsp3) is 0.846. The maximum absolute atomic E-state index is 12.4. The van der Waals surface area contributed by atoms with Gasteiger partial charge >= 0.3 is 12.0 Å². The molecule has 0 bridgehead atoms. The van der Waals surface area contributed by atoms with Crippen molar-refractivity contribution in [1.82, 2.24) is 9.80 Å². The standard InChI is InChI=1S/C13H22N2O3S/c1-2-11-9-15(5-6-19-11)13(18)14-4-3-10(8-14)7-12(16)17/h10-11H,2-9H2,1H3,(H,16,17). The lowest BCUT2D eigenvalue weighted by molar-refractivity contribution is -0.138. The van der Waals surface area contributed by atoms with E-state index in [1.54, 1.807) is 0 Å². The van der Waals surface area contributed by atoms with Crippen molar-refractivity contribution < 1.29 is 14.7 Å². The van der Waals surface area contributed by atoms with Gasteiger partial charge in [0.05, 0.1) is 0 Å². The average Bonchev–Trinajstić information content (AvgIpc) is 2.85. The lowest BCUT2D eigenvalue weighted by Crippen LogP contribution is -2.48. The van der Waals surface area contributed by atoms with Crippen LogP contribution in [0.2, 0.25) is 0 Å². The van der Waals surface area contributed by atoms with Gasteiger partial charge in [0.15, 0.2) is 0 Å². The highest BCUT2D eigenvalue weighted by Gasteiger charge is 2.32. The number of carboxylic acid groups (broad SMARTS) is 1. The molecule has 0 aromatic rings. The minimum absolute atomic E-state index is 0.103. The van der Waals surface area contributed by atoms with Crippen LogP contribution in [0.3, 0.4) is 0 Å². The molecule has 2 aliphatic rings. The number of carboxylic acids is 1. The van der Waals surface area contributed by atoms with Crippen molar-refractivity contribution in [1.29, 1.82) is 0 Å². The number of carbonyl (C=O) groups is 2. The first-order chi connectivity index (χ1) is 9.10. The highest BCUT2D eigenvalue weighted by molar-refractivity contribution is 8.00. The number of amides is 2. The van der Waals surface area contributed by atoms with E-state index in [-0.39, 0.29) is 18.4 Å². The summed E-state index contributed by atoms with van der Waals surface area (Å²) in [6.45, 7) is 5.12. The van der Waals surface area contributed by atoms with Crippen LogP contribution in [0.15, 0.2) is 0 Å². The maximum atomic E-state index is 12.4. The summed E-state index contributed by atoms with van der Waals surface area (Å²) in [7, 11) is 0. The second kappa shape index (κ2) is 6.50. The largest absolute Gasteiger partial charge is 0.481 e. The van der Waals surface area contributed by atoms with Gasteiger partial charge < -0.3 is 14.9 Å². The number of aliphatic carboxylic acids is 1. The number of likely N-dealkylation sites (tertiary alicyclic amines) is 1. The minimum atomic E-state index is -0.764. The van der Waals surface area contributed by atoms with Gasteiger partial charge in [-0.25, -0.2) is 4.79 Å². The summed E-state index contributed by atoms with van der Waals surface area (Å²) in [6.07, 6.45) is 2.09. The van der Waals surface area contributed by atoms with Gasteiger partial charge in [0.2, 0.25) is 0 Å². The van der Waals surface area contributed by atoms with E-state index in [1.165, 1.54) is 0 Å².